The summed E-state index contributed by atoms with van der Waals surface area (Å²) in [4.78, 5) is 14.5. The first kappa shape index (κ1) is 12.2. The van der Waals surface area contributed by atoms with Gasteiger partial charge in [0.1, 0.15) is 0 Å². The van der Waals surface area contributed by atoms with Gasteiger partial charge in [0.15, 0.2) is 0 Å². The van der Waals surface area contributed by atoms with Crippen molar-refractivity contribution in [3.05, 3.63) is 11.6 Å². The van der Waals surface area contributed by atoms with Crippen LogP contribution < -0.4 is 0 Å². The van der Waals surface area contributed by atoms with Gasteiger partial charge in [-0.1, -0.05) is 11.6 Å². The molecule has 0 aromatic rings. The maximum absolute atomic E-state index is 12.4. The van der Waals surface area contributed by atoms with E-state index >= 15 is 0 Å². The molecule has 3 heteroatoms. The van der Waals surface area contributed by atoms with E-state index in [0.717, 1.165) is 38.5 Å². The quantitative estimate of drug-likeness (QED) is 0.763. The number of piperidine rings is 1. The average Bonchev–Trinajstić information content (AvgIpc) is 2.63. The molecule has 3 rings (SSSR count). The zero-order valence-corrected chi connectivity index (χ0v) is 11.0. The van der Waals surface area contributed by atoms with Gasteiger partial charge in [-0.25, -0.2) is 0 Å². The highest BCUT2D eigenvalue weighted by atomic mass is 16.3. The van der Waals surface area contributed by atoms with E-state index in [1.165, 1.54) is 18.4 Å². The van der Waals surface area contributed by atoms with Crippen LogP contribution in [0, 0.1) is 0 Å². The Balaban J connectivity index is 1.64. The number of hydrogen-bond donors (Lipinski definition) is 1. The zero-order chi connectivity index (χ0) is 12.5. The molecule has 2 fully saturated rings. The van der Waals surface area contributed by atoms with Gasteiger partial charge >= 0.3 is 0 Å². The lowest BCUT2D eigenvalue weighted by molar-refractivity contribution is -0.136. The first-order chi connectivity index (χ1) is 8.74. The number of fused-ring (bicyclic) bond motifs is 2. The largest absolute Gasteiger partial charge is 0.393 e. The van der Waals surface area contributed by atoms with Crippen molar-refractivity contribution in [2.24, 2.45) is 0 Å². The lowest BCUT2D eigenvalue weighted by Gasteiger charge is -2.37. The van der Waals surface area contributed by atoms with E-state index in [-0.39, 0.29) is 6.10 Å². The molecule has 2 unspecified atom stereocenters. The lowest BCUT2D eigenvalue weighted by Crippen LogP contribution is -2.48. The molecular formula is C15H23NO2. The standard InChI is InChI=1S/C15H23NO2/c17-14-9-12-6-7-13(10-14)16(12)15(18)8-11-4-2-1-3-5-11/h4,12-14,17H,1-3,5-10H2. The van der Waals surface area contributed by atoms with Gasteiger partial charge in [0.2, 0.25) is 5.91 Å². The Kier molecular flexibility index (Phi) is 3.42. The van der Waals surface area contributed by atoms with Crippen LogP contribution in [0.3, 0.4) is 0 Å². The van der Waals surface area contributed by atoms with Crippen molar-refractivity contribution in [3.63, 3.8) is 0 Å². The summed E-state index contributed by atoms with van der Waals surface area (Å²) in [6.45, 7) is 0. The van der Waals surface area contributed by atoms with Gasteiger partial charge in [0.05, 0.1) is 6.10 Å². The minimum atomic E-state index is -0.180. The average molecular weight is 249 g/mol. The molecule has 1 aliphatic carbocycles. The SMILES string of the molecule is O=C(CC1=CCCCC1)N1C2CCC1CC(O)C2. The number of carbonyl (C=O) groups excluding carboxylic acids is 1. The van der Waals surface area contributed by atoms with Crippen molar-refractivity contribution in [1.82, 2.24) is 4.90 Å². The van der Waals surface area contributed by atoms with E-state index in [0.29, 0.717) is 24.4 Å². The molecule has 2 saturated heterocycles. The molecule has 2 heterocycles. The molecule has 1 amide bonds. The molecule has 0 spiro atoms. The lowest BCUT2D eigenvalue weighted by atomic mass is 9.95. The minimum Gasteiger partial charge on any atom is -0.393 e. The third-order valence-corrected chi connectivity index (χ3v) is 4.76. The van der Waals surface area contributed by atoms with Crippen LogP contribution in [0.2, 0.25) is 0 Å². The summed E-state index contributed by atoms with van der Waals surface area (Å²) >= 11 is 0. The molecule has 3 aliphatic rings. The van der Waals surface area contributed by atoms with Crippen molar-refractivity contribution in [2.75, 3.05) is 0 Å². The fourth-order valence-electron chi connectivity index (χ4n) is 3.91. The van der Waals surface area contributed by atoms with Crippen LogP contribution in [0.1, 0.15) is 57.8 Å². The number of nitrogens with zero attached hydrogens (tertiary/aromatic N) is 1. The number of carbonyl (C=O) groups is 1. The molecule has 2 atom stereocenters. The topological polar surface area (TPSA) is 40.5 Å². The fraction of sp³-hybridized carbons (Fsp3) is 0.800. The van der Waals surface area contributed by atoms with Crippen molar-refractivity contribution in [3.8, 4) is 0 Å². The number of hydrogen-bond acceptors (Lipinski definition) is 2. The molecule has 0 radical (unpaired) electrons. The van der Waals surface area contributed by atoms with Gasteiger partial charge in [0.25, 0.3) is 0 Å². The van der Waals surface area contributed by atoms with Gasteiger partial charge in [-0.05, 0) is 51.4 Å². The second-order valence-electron chi connectivity index (χ2n) is 6.10. The highest BCUT2D eigenvalue weighted by Gasteiger charge is 2.42. The van der Waals surface area contributed by atoms with Gasteiger partial charge < -0.3 is 10.0 Å². The third kappa shape index (κ3) is 2.33. The molecule has 3 nitrogen and oxygen atoms in total. The van der Waals surface area contributed by atoms with E-state index in [2.05, 4.69) is 11.0 Å². The summed E-state index contributed by atoms with van der Waals surface area (Å²) in [6, 6.07) is 0.630. The van der Waals surface area contributed by atoms with Gasteiger partial charge in [-0.15, -0.1) is 0 Å². The molecule has 2 bridgehead atoms. The van der Waals surface area contributed by atoms with Crippen LogP contribution in [-0.4, -0.2) is 34.1 Å². The maximum atomic E-state index is 12.4. The number of amides is 1. The van der Waals surface area contributed by atoms with Crippen LogP contribution in [0.4, 0.5) is 0 Å². The predicted octanol–water partition coefficient (Wildman–Crippen LogP) is 2.39. The van der Waals surface area contributed by atoms with Gasteiger partial charge in [-0.2, -0.15) is 0 Å². The van der Waals surface area contributed by atoms with E-state index in [4.69, 9.17) is 0 Å². The van der Waals surface area contributed by atoms with Crippen molar-refractivity contribution in [2.45, 2.75) is 76.0 Å². The van der Waals surface area contributed by atoms with Crippen LogP contribution in [0.5, 0.6) is 0 Å². The van der Waals surface area contributed by atoms with E-state index in [1.807, 2.05) is 0 Å². The number of rotatable bonds is 2. The molecule has 1 N–H and O–H groups in total. The molecule has 2 aliphatic heterocycles. The van der Waals surface area contributed by atoms with Crippen LogP contribution in [0.25, 0.3) is 0 Å². The fourth-order valence-corrected chi connectivity index (χ4v) is 3.91. The first-order valence-corrected chi connectivity index (χ1v) is 7.41. The second kappa shape index (κ2) is 5.04. The summed E-state index contributed by atoms with van der Waals surface area (Å²) in [7, 11) is 0. The zero-order valence-electron chi connectivity index (χ0n) is 11.0. The summed E-state index contributed by atoms with van der Waals surface area (Å²) in [6.07, 6.45) is 11.3. The Morgan fingerprint density at radius 1 is 1.28 bits per heavy atom. The Hall–Kier alpha value is -0.830. The monoisotopic (exact) mass is 249 g/mol. The summed E-state index contributed by atoms with van der Waals surface area (Å²) < 4.78 is 0. The van der Waals surface area contributed by atoms with E-state index < -0.39 is 0 Å². The molecular weight excluding hydrogens is 226 g/mol. The number of aliphatic hydroxyl groups is 1. The Labute approximate surface area is 109 Å². The first-order valence-electron chi connectivity index (χ1n) is 7.41. The summed E-state index contributed by atoms with van der Waals surface area (Å²) in [5.74, 6) is 0.308. The summed E-state index contributed by atoms with van der Waals surface area (Å²) in [5.41, 5.74) is 1.34. The number of allylic oxidation sites excluding steroid dienone is 1. The highest BCUT2D eigenvalue weighted by Crippen LogP contribution is 2.36. The Bertz CT molecular complexity index is 350. The van der Waals surface area contributed by atoms with Crippen LogP contribution in [-0.2, 0) is 4.79 Å². The maximum Gasteiger partial charge on any atom is 0.227 e. The van der Waals surface area contributed by atoms with Crippen molar-refractivity contribution >= 4 is 5.91 Å². The minimum absolute atomic E-state index is 0.180. The summed E-state index contributed by atoms with van der Waals surface area (Å²) in [5, 5.41) is 9.76. The normalized spacial score (nSPS) is 35.5. The van der Waals surface area contributed by atoms with E-state index in [1.54, 1.807) is 0 Å². The Morgan fingerprint density at radius 2 is 2.00 bits per heavy atom. The molecule has 100 valence electrons. The van der Waals surface area contributed by atoms with Gasteiger partial charge in [0, 0.05) is 18.5 Å². The number of aliphatic hydroxyl groups excluding tert-OH is 1. The predicted molar refractivity (Wildman–Crippen MR) is 70.1 cm³/mol. The van der Waals surface area contributed by atoms with Crippen molar-refractivity contribution < 1.29 is 9.90 Å². The van der Waals surface area contributed by atoms with Crippen LogP contribution in [0.15, 0.2) is 11.6 Å². The second-order valence-corrected chi connectivity index (χ2v) is 6.10. The smallest absolute Gasteiger partial charge is 0.227 e. The molecule has 0 aromatic carbocycles. The van der Waals surface area contributed by atoms with Crippen molar-refractivity contribution in [1.29, 1.82) is 0 Å². The Morgan fingerprint density at radius 3 is 2.61 bits per heavy atom. The van der Waals surface area contributed by atoms with Crippen LogP contribution >= 0.6 is 0 Å². The van der Waals surface area contributed by atoms with E-state index in [9.17, 15) is 9.90 Å². The van der Waals surface area contributed by atoms with Gasteiger partial charge in [-0.3, -0.25) is 4.79 Å². The molecule has 0 aromatic heterocycles. The third-order valence-electron chi connectivity index (χ3n) is 4.76. The molecule has 0 saturated carbocycles. The molecule has 18 heavy (non-hydrogen) atoms. The highest BCUT2D eigenvalue weighted by molar-refractivity contribution is 5.80.